The summed E-state index contributed by atoms with van der Waals surface area (Å²) in [7, 11) is 0. The Morgan fingerprint density at radius 3 is 2.54 bits per heavy atom. The van der Waals surface area contributed by atoms with Gasteiger partial charge in [0.25, 0.3) is 0 Å². The van der Waals surface area contributed by atoms with Gasteiger partial charge in [0.15, 0.2) is 0 Å². The molecule has 1 rings (SSSR count). The van der Waals surface area contributed by atoms with Gasteiger partial charge in [0, 0.05) is 5.69 Å². The molecule has 3 heteroatoms. The zero-order chi connectivity index (χ0) is 9.68. The number of nitrogens with zero attached hydrogens (tertiary/aromatic N) is 1. The summed E-state index contributed by atoms with van der Waals surface area (Å²) in [4.78, 5) is 10.1. The van der Waals surface area contributed by atoms with Gasteiger partial charge in [0.05, 0.1) is 12.0 Å². The maximum atomic E-state index is 10.1. The molecule has 1 N–H and O–H groups in total. The van der Waals surface area contributed by atoms with E-state index in [1.54, 1.807) is 12.1 Å². The van der Waals surface area contributed by atoms with Crippen molar-refractivity contribution >= 4 is 12.1 Å². The fourth-order valence-electron chi connectivity index (χ4n) is 1.01. The second kappa shape index (κ2) is 4.27. The Hall–Kier alpha value is -1.82. The van der Waals surface area contributed by atoms with Gasteiger partial charge in [0.2, 0.25) is 6.41 Å². The van der Waals surface area contributed by atoms with E-state index in [-0.39, 0.29) is 5.92 Å². The monoisotopic (exact) mass is 174 g/mol. The maximum absolute atomic E-state index is 10.1. The molecule has 3 nitrogen and oxygen atoms in total. The normalized spacial score (nSPS) is 11.4. The number of anilines is 1. The third-order valence-electron chi connectivity index (χ3n) is 1.83. The standard InChI is InChI=1S/C10H10N2O/c1-8(6-11)9-2-4-10(5-3-9)12-7-13/h2-5,7-8H,1H3,(H,12,13). The summed E-state index contributed by atoms with van der Waals surface area (Å²) >= 11 is 0. The Labute approximate surface area is 77.0 Å². The molecule has 1 aromatic carbocycles. The van der Waals surface area contributed by atoms with E-state index < -0.39 is 0 Å². The molecule has 0 aromatic heterocycles. The molecule has 13 heavy (non-hydrogen) atoms. The van der Waals surface area contributed by atoms with Gasteiger partial charge in [-0.2, -0.15) is 5.26 Å². The molecular weight excluding hydrogens is 164 g/mol. The summed E-state index contributed by atoms with van der Waals surface area (Å²) in [5.74, 6) is -0.106. The number of hydrogen-bond donors (Lipinski definition) is 1. The highest BCUT2D eigenvalue weighted by Crippen LogP contribution is 2.16. The van der Waals surface area contributed by atoms with Crippen LogP contribution in [0.5, 0.6) is 0 Å². The summed E-state index contributed by atoms with van der Waals surface area (Å²) in [6.07, 6.45) is 0.628. The average molecular weight is 174 g/mol. The van der Waals surface area contributed by atoms with Crippen LogP contribution < -0.4 is 5.32 Å². The van der Waals surface area contributed by atoms with E-state index in [0.29, 0.717) is 6.41 Å². The maximum Gasteiger partial charge on any atom is 0.211 e. The van der Waals surface area contributed by atoms with E-state index in [1.165, 1.54) is 0 Å². The van der Waals surface area contributed by atoms with E-state index in [4.69, 9.17) is 5.26 Å². The predicted octanol–water partition coefficient (Wildman–Crippen LogP) is 1.88. The third kappa shape index (κ3) is 2.31. The lowest BCUT2D eigenvalue weighted by atomic mass is 10.0. The minimum Gasteiger partial charge on any atom is -0.329 e. The first-order chi connectivity index (χ1) is 6.27. The first-order valence-electron chi connectivity index (χ1n) is 3.97. The molecule has 0 saturated carbocycles. The van der Waals surface area contributed by atoms with Crippen molar-refractivity contribution < 1.29 is 4.79 Å². The SMILES string of the molecule is CC(C#N)c1ccc(NC=O)cc1. The predicted molar refractivity (Wildman–Crippen MR) is 50.2 cm³/mol. The van der Waals surface area contributed by atoms with Gasteiger partial charge in [-0.1, -0.05) is 12.1 Å². The first-order valence-corrected chi connectivity index (χ1v) is 3.97. The summed E-state index contributed by atoms with van der Waals surface area (Å²) in [6, 6.07) is 9.36. The number of rotatable bonds is 3. The minimum absolute atomic E-state index is 0.106. The Morgan fingerprint density at radius 1 is 1.46 bits per heavy atom. The van der Waals surface area contributed by atoms with Crippen LogP contribution in [0.15, 0.2) is 24.3 Å². The number of nitriles is 1. The van der Waals surface area contributed by atoms with Crippen molar-refractivity contribution in [1.82, 2.24) is 0 Å². The number of hydrogen-bond acceptors (Lipinski definition) is 2. The van der Waals surface area contributed by atoms with Crippen molar-refractivity contribution in [1.29, 1.82) is 5.26 Å². The largest absolute Gasteiger partial charge is 0.329 e. The highest BCUT2D eigenvalue weighted by atomic mass is 16.1. The van der Waals surface area contributed by atoms with E-state index >= 15 is 0 Å². The van der Waals surface area contributed by atoms with Crippen LogP contribution in [-0.2, 0) is 4.79 Å². The quantitative estimate of drug-likeness (QED) is 0.711. The summed E-state index contributed by atoms with van der Waals surface area (Å²) in [6.45, 7) is 1.84. The molecule has 1 unspecified atom stereocenters. The minimum atomic E-state index is -0.106. The van der Waals surface area contributed by atoms with Gasteiger partial charge in [-0.05, 0) is 24.6 Å². The van der Waals surface area contributed by atoms with Crippen LogP contribution in [0.1, 0.15) is 18.4 Å². The van der Waals surface area contributed by atoms with Crippen LogP contribution in [0.3, 0.4) is 0 Å². The van der Waals surface area contributed by atoms with Gasteiger partial charge in [-0.25, -0.2) is 0 Å². The zero-order valence-corrected chi connectivity index (χ0v) is 7.32. The zero-order valence-electron chi connectivity index (χ0n) is 7.32. The molecule has 1 amide bonds. The topological polar surface area (TPSA) is 52.9 Å². The van der Waals surface area contributed by atoms with Gasteiger partial charge in [-0.3, -0.25) is 4.79 Å². The molecule has 0 bridgehead atoms. The van der Waals surface area contributed by atoms with Crippen LogP contribution in [0.25, 0.3) is 0 Å². The fourth-order valence-corrected chi connectivity index (χ4v) is 1.01. The summed E-state index contributed by atoms with van der Waals surface area (Å²) < 4.78 is 0. The molecular formula is C10H10N2O. The van der Waals surface area contributed by atoms with Crippen molar-refractivity contribution in [2.45, 2.75) is 12.8 Å². The molecule has 0 fully saturated rings. The number of carbonyl (C=O) groups excluding carboxylic acids is 1. The molecule has 1 atom stereocenters. The second-order valence-electron chi connectivity index (χ2n) is 2.73. The summed E-state index contributed by atoms with van der Waals surface area (Å²) in [5, 5.41) is 11.2. The Bertz CT molecular complexity index is 324. The molecule has 0 spiro atoms. The number of carbonyl (C=O) groups is 1. The van der Waals surface area contributed by atoms with Gasteiger partial charge >= 0.3 is 0 Å². The van der Waals surface area contributed by atoms with E-state index in [0.717, 1.165) is 11.3 Å². The Morgan fingerprint density at radius 2 is 2.08 bits per heavy atom. The van der Waals surface area contributed by atoms with Crippen molar-refractivity contribution in [3.8, 4) is 6.07 Å². The van der Waals surface area contributed by atoms with Gasteiger partial charge < -0.3 is 5.32 Å². The van der Waals surface area contributed by atoms with E-state index in [9.17, 15) is 4.79 Å². The molecule has 0 saturated heterocycles. The number of benzene rings is 1. The number of nitrogens with one attached hydrogen (secondary N) is 1. The number of amides is 1. The molecule has 1 aromatic rings. The molecule has 0 aliphatic heterocycles. The van der Waals surface area contributed by atoms with Crippen LogP contribution in [0.4, 0.5) is 5.69 Å². The van der Waals surface area contributed by atoms with Gasteiger partial charge in [-0.15, -0.1) is 0 Å². The van der Waals surface area contributed by atoms with Crippen molar-refractivity contribution in [3.05, 3.63) is 29.8 Å². The highest BCUT2D eigenvalue weighted by molar-refractivity contribution is 5.71. The van der Waals surface area contributed by atoms with Crippen LogP contribution in [0.2, 0.25) is 0 Å². The Balaban J connectivity index is 2.82. The molecule has 0 aliphatic carbocycles. The van der Waals surface area contributed by atoms with E-state index in [2.05, 4.69) is 11.4 Å². The van der Waals surface area contributed by atoms with Crippen LogP contribution in [-0.4, -0.2) is 6.41 Å². The second-order valence-corrected chi connectivity index (χ2v) is 2.73. The average Bonchev–Trinajstić information content (AvgIpc) is 2.18. The smallest absolute Gasteiger partial charge is 0.211 e. The lowest BCUT2D eigenvalue weighted by Gasteiger charge is -2.03. The van der Waals surface area contributed by atoms with Crippen LogP contribution >= 0.6 is 0 Å². The first kappa shape index (κ1) is 9.27. The summed E-state index contributed by atoms with van der Waals surface area (Å²) in [5.41, 5.74) is 1.70. The van der Waals surface area contributed by atoms with Crippen LogP contribution in [0, 0.1) is 11.3 Å². The third-order valence-corrected chi connectivity index (χ3v) is 1.83. The molecule has 66 valence electrons. The van der Waals surface area contributed by atoms with Crippen molar-refractivity contribution in [2.24, 2.45) is 0 Å². The lowest BCUT2D eigenvalue weighted by molar-refractivity contribution is -0.105. The molecule has 0 aliphatic rings. The highest BCUT2D eigenvalue weighted by Gasteiger charge is 2.02. The van der Waals surface area contributed by atoms with E-state index in [1.807, 2.05) is 19.1 Å². The fraction of sp³-hybridized carbons (Fsp3) is 0.200. The molecule has 0 radical (unpaired) electrons. The van der Waals surface area contributed by atoms with Crippen molar-refractivity contribution in [2.75, 3.05) is 5.32 Å². The Kier molecular flexibility index (Phi) is 3.04. The lowest BCUT2D eigenvalue weighted by Crippen LogP contribution is -1.94. The van der Waals surface area contributed by atoms with Gasteiger partial charge in [0.1, 0.15) is 0 Å². The van der Waals surface area contributed by atoms with Crippen molar-refractivity contribution in [3.63, 3.8) is 0 Å². The molecule has 0 heterocycles.